The molecule has 2 aromatic rings. The third-order valence-electron chi connectivity index (χ3n) is 7.75. The Morgan fingerprint density at radius 2 is 1.53 bits per heavy atom. The molecule has 0 bridgehead atoms. The Bertz CT molecular complexity index is 1330. The van der Waals surface area contributed by atoms with Crippen molar-refractivity contribution in [3.63, 3.8) is 0 Å². The summed E-state index contributed by atoms with van der Waals surface area (Å²) in [7, 11) is -3.57. The maximum Gasteiger partial charge on any atom is 0.257 e. The van der Waals surface area contributed by atoms with Crippen LogP contribution in [-0.4, -0.2) is 61.2 Å². The van der Waals surface area contributed by atoms with E-state index in [2.05, 4.69) is 38.3 Å². The number of sulfonamides is 1. The maximum atomic E-state index is 13.7. The number of anilines is 1. The average molecular weight is 559 g/mol. The molecule has 2 saturated heterocycles. The van der Waals surface area contributed by atoms with Crippen LogP contribution in [0.4, 0.5) is 5.00 Å². The molecule has 0 radical (unpaired) electrons. The Hall–Kier alpha value is -2.27. The maximum absolute atomic E-state index is 13.7. The lowest BCUT2D eigenvalue weighted by atomic mass is 9.81. The molecule has 1 aromatic carbocycles. The molecule has 1 aromatic heterocycles. The summed E-state index contributed by atoms with van der Waals surface area (Å²) in [5.74, 6) is -0.377. The van der Waals surface area contributed by atoms with Gasteiger partial charge in [-0.3, -0.25) is 9.59 Å². The van der Waals surface area contributed by atoms with Crippen molar-refractivity contribution in [1.82, 2.24) is 14.5 Å². The van der Waals surface area contributed by atoms with Gasteiger partial charge in [0, 0.05) is 47.7 Å². The minimum atomic E-state index is -3.57. The van der Waals surface area contributed by atoms with Crippen LogP contribution in [0.2, 0.25) is 0 Å². The number of thiophene rings is 1. The Kier molecular flexibility index (Phi) is 7.21. The van der Waals surface area contributed by atoms with Gasteiger partial charge in [-0.1, -0.05) is 6.42 Å². The molecule has 3 aliphatic rings. The van der Waals surface area contributed by atoms with E-state index in [4.69, 9.17) is 0 Å². The number of nitrogens with zero attached hydrogens (tertiary/aromatic N) is 2. The number of benzene rings is 1. The summed E-state index contributed by atoms with van der Waals surface area (Å²) in [6.45, 7) is 11.0. The topological polar surface area (TPSA) is 98.8 Å². The quantitative estimate of drug-likeness (QED) is 0.560. The van der Waals surface area contributed by atoms with Crippen LogP contribution in [-0.2, 0) is 22.0 Å². The van der Waals surface area contributed by atoms with Crippen molar-refractivity contribution in [2.75, 3.05) is 31.5 Å². The van der Waals surface area contributed by atoms with Gasteiger partial charge in [0.05, 0.1) is 10.5 Å². The van der Waals surface area contributed by atoms with E-state index >= 15 is 0 Å². The molecule has 8 nitrogen and oxygen atoms in total. The van der Waals surface area contributed by atoms with Crippen LogP contribution in [0.3, 0.4) is 0 Å². The summed E-state index contributed by atoms with van der Waals surface area (Å²) in [5, 5.41) is 7.27. The second-order valence-electron chi connectivity index (χ2n) is 11.9. The SMILES string of the molecule is CC1(C)Cc2c(sc(NC(=O)c3ccc(S(=O)(=O)N4CCCCC4)cc3)c2C(=O)N2CCCC2)C(C)(C)N1. The number of piperidine rings is 1. The van der Waals surface area contributed by atoms with Crippen LogP contribution >= 0.6 is 11.3 Å². The predicted octanol–water partition coefficient (Wildman–Crippen LogP) is 4.57. The van der Waals surface area contributed by atoms with Gasteiger partial charge in [-0.25, -0.2) is 8.42 Å². The molecule has 2 fully saturated rings. The molecule has 0 aliphatic carbocycles. The smallest absolute Gasteiger partial charge is 0.257 e. The largest absolute Gasteiger partial charge is 0.339 e. The zero-order chi connectivity index (χ0) is 27.3. The molecule has 2 amide bonds. The number of amides is 2. The zero-order valence-corrected chi connectivity index (χ0v) is 24.4. The molecule has 0 unspecified atom stereocenters. The van der Waals surface area contributed by atoms with Crippen molar-refractivity contribution < 1.29 is 18.0 Å². The number of carbonyl (C=O) groups is 2. The minimum absolute atomic E-state index is 0.0215. The number of fused-ring (bicyclic) bond motifs is 1. The van der Waals surface area contributed by atoms with Gasteiger partial charge in [0.25, 0.3) is 11.8 Å². The van der Waals surface area contributed by atoms with Gasteiger partial charge in [-0.05, 0) is 89.6 Å². The van der Waals surface area contributed by atoms with E-state index in [0.29, 0.717) is 35.6 Å². The highest BCUT2D eigenvalue weighted by molar-refractivity contribution is 7.89. The first-order valence-electron chi connectivity index (χ1n) is 13.6. The van der Waals surface area contributed by atoms with Gasteiger partial charge in [0.1, 0.15) is 5.00 Å². The van der Waals surface area contributed by atoms with Crippen molar-refractivity contribution in [2.45, 2.75) is 82.2 Å². The molecule has 0 atom stereocenters. The van der Waals surface area contributed by atoms with E-state index < -0.39 is 10.0 Å². The van der Waals surface area contributed by atoms with Gasteiger partial charge in [-0.15, -0.1) is 11.3 Å². The number of likely N-dealkylation sites (tertiary alicyclic amines) is 1. The van der Waals surface area contributed by atoms with Gasteiger partial charge in [0.15, 0.2) is 0 Å². The molecule has 10 heteroatoms. The van der Waals surface area contributed by atoms with Crippen molar-refractivity contribution in [3.8, 4) is 0 Å². The van der Waals surface area contributed by atoms with E-state index in [9.17, 15) is 18.0 Å². The monoisotopic (exact) mass is 558 g/mol. The minimum Gasteiger partial charge on any atom is -0.339 e. The summed E-state index contributed by atoms with van der Waals surface area (Å²) in [6, 6.07) is 6.11. The predicted molar refractivity (Wildman–Crippen MR) is 150 cm³/mol. The van der Waals surface area contributed by atoms with Crippen LogP contribution < -0.4 is 10.6 Å². The summed E-state index contributed by atoms with van der Waals surface area (Å²) in [5.41, 5.74) is 1.42. The molecule has 4 heterocycles. The zero-order valence-electron chi connectivity index (χ0n) is 22.7. The molecule has 38 heavy (non-hydrogen) atoms. The summed E-state index contributed by atoms with van der Waals surface area (Å²) in [4.78, 5) is 30.3. The summed E-state index contributed by atoms with van der Waals surface area (Å²) >= 11 is 1.46. The second kappa shape index (κ2) is 10.0. The molecule has 0 spiro atoms. The van der Waals surface area contributed by atoms with Crippen molar-refractivity contribution in [3.05, 3.63) is 45.8 Å². The third-order valence-corrected chi connectivity index (χ3v) is 11.1. The normalized spacial score (nSPS) is 21.2. The van der Waals surface area contributed by atoms with Crippen LogP contribution in [0, 0.1) is 0 Å². The number of hydrogen-bond acceptors (Lipinski definition) is 6. The number of hydrogen-bond donors (Lipinski definition) is 2. The fourth-order valence-corrected chi connectivity index (χ4v) is 8.91. The van der Waals surface area contributed by atoms with Crippen LogP contribution in [0.25, 0.3) is 0 Å². The molecule has 5 rings (SSSR count). The highest BCUT2D eigenvalue weighted by atomic mass is 32.2. The van der Waals surface area contributed by atoms with E-state index in [0.717, 1.165) is 55.6 Å². The summed E-state index contributed by atoms with van der Waals surface area (Å²) in [6.07, 6.45) is 5.45. The van der Waals surface area contributed by atoms with Crippen molar-refractivity contribution in [2.24, 2.45) is 0 Å². The number of carbonyl (C=O) groups excluding carboxylic acids is 2. The molecule has 206 valence electrons. The molecular weight excluding hydrogens is 520 g/mol. The Balaban J connectivity index is 1.45. The van der Waals surface area contributed by atoms with Crippen molar-refractivity contribution >= 4 is 38.2 Å². The fourth-order valence-electron chi connectivity index (χ4n) is 6.13. The molecule has 0 saturated carbocycles. The van der Waals surface area contributed by atoms with E-state index in [1.165, 1.54) is 27.8 Å². The molecule has 3 aliphatic heterocycles. The lowest BCUT2D eigenvalue weighted by Crippen LogP contribution is -2.55. The Labute approximate surface area is 229 Å². The van der Waals surface area contributed by atoms with Crippen LogP contribution in [0.5, 0.6) is 0 Å². The third kappa shape index (κ3) is 5.15. The highest BCUT2D eigenvalue weighted by Crippen LogP contribution is 2.45. The fraction of sp³-hybridized carbons (Fsp3) is 0.571. The highest BCUT2D eigenvalue weighted by Gasteiger charge is 2.42. The molecular formula is C28H38N4O4S2. The lowest BCUT2D eigenvalue weighted by molar-refractivity contribution is 0.0792. The average Bonchev–Trinajstić information content (AvgIpc) is 3.52. The molecule has 2 N–H and O–H groups in total. The first-order valence-corrected chi connectivity index (χ1v) is 15.8. The van der Waals surface area contributed by atoms with Gasteiger partial charge >= 0.3 is 0 Å². The standard InChI is InChI=1S/C28H38N4O4S2/c1-27(2)18-21-22(26(34)31-14-8-9-15-31)25(37-23(21)28(3,4)30-27)29-24(33)19-10-12-20(13-11-19)38(35,36)32-16-6-5-7-17-32/h10-13,30H,5-9,14-18H2,1-4H3,(H,29,33). The van der Waals surface area contributed by atoms with Crippen LogP contribution in [0.15, 0.2) is 29.2 Å². The Morgan fingerprint density at radius 3 is 2.16 bits per heavy atom. The van der Waals surface area contributed by atoms with Crippen molar-refractivity contribution in [1.29, 1.82) is 0 Å². The Morgan fingerprint density at radius 1 is 0.921 bits per heavy atom. The van der Waals surface area contributed by atoms with Crippen LogP contribution in [0.1, 0.15) is 91.0 Å². The van der Waals surface area contributed by atoms with E-state index in [1.54, 1.807) is 12.1 Å². The first-order chi connectivity index (χ1) is 17.9. The number of nitrogens with one attached hydrogen (secondary N) is 2. The van der Waals surface area contributed by atoms with E-state index in [-0.39, 0.29) is 27.8 Å². The lowest BCUT2D eigenvalue weighted by Gasteiger charge is -2.42. The summed E-state index contributed by atoms with van der Waals surface area (Å²) < 4.78 is 27.5. The number of rotatable bonds is 5. The van der Waals surface area contributed by atoms with E-state index in [1.807, 2.05) is 4.90 Å². The van der Waals surface area contributed by atoms with Gasteiger partial charge in [0.2, 0.25) is 10.0 Å². The first kappa shape index (κ1) is 27.3. The van der Waals surface area contributed by atoms with Gasteiger partial charge < -0.3 is 15.5 Å². The van der Waals surface area contributed by atoms with Gasteiger partial charge in [-0.2, -0.15) is 4.31 Å². The second-order valence-corrected chi connectivity index (χ2v) is 14.8.